The quantitative estimate of drug-likeness (QED) is 0.272. The van der Waals surface area contributed by atoms with E-state index in [1.807, 2.05) is 0 Å². The van der Waals surface area contributed by atoms with Crippen LogP contribution in [0.2, 0.25) is 23.7 Å². The molecule has 0 saturated carbocycles. The zero-order valence-corrected chi connectivity index (χ0v) is 26.4. The summed E-state index contributed by atoms with van der Waals surface area (Å²) in [6.07, 6.45) is 1.31. The molecule has 0 aromatic carbocycles. The molecule has 0 aromatic heterocycles. The Bertz CT molecular complexity index is 1070. The number of fused-ring (bicyclic) bond motifs is 2. The van der Waals surface area contributed by atoms with Crippen LogP contribution in [0.25, 0.3) is 0 Å². The van der Waals surface area contributed by atoms with Crippen molar-refractivity contribution in [2.24, 2.45) is 23.7 Å². The summed E-state index contributed by atoms with van der Waals surface area (Å²) in [6, 6.07) is 1.44. The van der Waals surface area contributed by atoms with E-state index in [2.05, 4.69) is 96.6 Å². The summed E-state index contributed by atoms with van der Waals surface area (Å²) in [5.41, 5.74) is 21.4. The minimum atomic E-state index is -1.78. The molecule has 0 aliphatic heterocycles. The Morgan fingerprint density at radius 2 is 0.771 bits per heavy atom. The van der Waals surface area contributed by atoms with Crippen LogP contribution in [0.5, 0.6) is 0 Å². The van der Waals surface area contributed by atoms with E-state index in [4.69, 9.17) is 0 Å². The van der Waals surface area contributed by atoms with Crippen LogP contribution in [0.15, 0.2) is 66.9 Å². The topological polar surface area (TPSA) is 0 Å². The van der Waals surface area contributed by atoms with Crippen molar-refractivity contribution in [3.63, 3.8) is 0 Å². The van der Waals surface area contributed by atoms with Crippen LogP contribution in [-0.2, 0) is 0 Å². The summed E-state index contributed by atoms with van der Waals surface area (Å²) in [4.78, 5) is 0. The van der Waals surface area contributed by atoms with E-state index in [1.165, 1.54) is 12.5 Å². The van der Waals surface area contributed by atoms with Crippen molar-refractivity contribution in [2.45, 2.75) is 120 Å². The van der Waals surface area contributed by atoms with Crippen LogP contribution >= 0.6 is 0 Å². The van der Waals surface area contributed by atoms with Crippen LogP contribution in [0.4, 0.5) is 0 Å². The SMILES string of the molecule is CCC[Si](C)(C1C(C)=C(C)[C@@H]2C(C)=C(C)C(C)=C(C)C12)C1C(C)=C(C)[C@@H]2C(C)=C(C)C(C)=C(C)C12. The van der Waals surface area contributed by atoms with Gasteiger partial charge in [0.15, 0.2) is 0 Å². The molecule has 0 radical (unpaired) electrons. The normalized spacial score (nSPS) is 35.5. The van der Waals surface area contributed by atoms with Gasteiger partial charge in [0.2, 0.25) is 0 Å². The third-order valence-corrected chi connectivity index (χ3v) is 18.2. The van der Waals surface area contributed by atoms with Gasteiger partial charge in [-0.2, -0.15) is 0 Å². The van der Waals surface area contributed by atoms with E-state index >= 15 is 0 Å². The predicted octanol–water partition coefficient (Wildman–Crippen LogP) is 10.8. The molecule has 4 aliphatic rings. The maximum absolute atomic E-state index is 2.84. The lowest BCUT2D eigenvalue weighted by molar-refractivity contribution is 0.468. The highest BCUT2D eigenvalue weighted by atomic mass is 28.3. The Morgan fingerprint density at radius 1 is 0.457 bits per heavy atom. The summed E-state index contributed by atoms with van der Waals surface area (Å²) in [6.45, 7) is 34.7. The molecule has 0 N–H and O–H groups in total. The summed E-state index contributed by atoms with van der Waals surface area (Å²) in [7, 11) is -1.78. The van der Waals surface area contributed by atoms with Gasteiger partial charge in [0.25, 0.3) is 0 Å². The number of rotatable bonds is 4. The second-order valence-electron chi connectivity index (χ2n) is 13.2. The fourth-order valence-electron chi connectivity index (χ4n) is 9.63. The van der Waals surface area contributed by atoms with Crippen molar-refractivity contribution >= 4 is 8.07 Å². The minimum absolute atomic E-state index is 0.628. The third-order valence-electron chi connectivity index (χ3n) is 12.2. The van der Waals surface area contributed by atoms with Crippen LogP contribution < -0.4 is 0 Å². The molecule has 1 heteroatoms. The Labute approximate surface area is 218 Å². The molecule has 4 unspecified atom stereocenters. The summed E-state index contributed by atoms with van der Waals surface area (Å²) < 4.78 is 0. The molecule has 35 heavy (non-hydrogen) atoms. The van der Waals surface area contributed by atoms with Gasteiger partial charge in [0.05, 0.1) is 8.07 Å². The van der Waals surface area contributed by atoms with Crippen LogP contribution in [0.3, 0.4) is 0 Å². The van der Waals surface area contributed by atoms with Gasteiger partial charge in [-0.3, -0.25) is 0 Å². The molecule has 0 aromatic rings. The van der Waals surface area contributed by atoms with E-state index in [-0.39, 0.29) is 0 Å². The highest BCUT2D eigenvalue weighted by Crippen LogP contribution is 2.67. The van der Waals surface area contributed by atoms with Crippen molar-refractivity contribution in [1.29, 1.82) is 0 Å². The van der Waals surface area contributed by atoms with E-state index in [0.717, 1.165) is 11.1 Å². The van der Waals surface area contributed by atoms with Gasteiger partial charge >= 0.3 is 0 Å². The monoisotopic (exact) mass is 488 g/mol. The Morgan fingerprint density at radius 3 is 1.09 bits per heavy atom. The minimum Gasteiger partial charge on any atom is -0.0727 e. The molecule has 6 atom stereocenters. The maximum Gasteiger partial charge on any atom is 0.0664 e. The smallest absolute Gasteiger partial charge is 0.0664 e. The first kappa shape index (κ1) is 26.7. The molecule has 0 spiro atoms. The third kappa shape index (κ3) is 3.43. The van der Waals surface area contributed by atoms with Gasteiger partial charge in [0.1, 0.15) is 0 Å². The number of allylic oxidation sites excluding steroid dienone is 12. The molecular formula is C34H52Si. The average Bonchev–Trinajstić information content (AvgIpc) is 3.24. The van der Waals surface area contributed by atoms with E-state index in [9.17, 15) is 0 Å². The second-order valence-corrected chi connectivity index (χ2v) is 17.9. The van der Waals surface area contributed by atoms with E-state index < -0.39 is 8.07 Å². The summed E-state index contributed by atoms with van der Waals surface area (Å²) >= 11 is 0. The standard InChI is InChI=1S/C34H52Si/c1-15-16-35(14,33-27(12)25(10)29-21(6)17(2)19(4)23(8)31(29)33)34-28(13)26(11)30-22(7)18(3)20(5)24(9)32(30)34/h29-34H,15-16H2,1-14H3/t29-,30-,31?,32?,33?,34?,35?/m0/s1. The molecule has 0 amide bonds. The molecule has 0 bridgehead atoms. The van der Waals surface area contributed by atoms with Gasteiger partial charge in [-0.1, -0.05) is 70.5 Å². The van der Waals surface area contributed by atoms with Gasteiger partial charge in [0, 0.05) is 11.8 Å². The fraction of sp³-hybridized carbons (Fsp3) is 0.647. The first-order valence-electron chi connectivity index (χ1n) is 14.3. The summed E-state index contributed by atoms with van der Waals surface area (Å²) in [5, 5.41) is 0. The molecule has 0 saturated heterocycles. The fourth-order valence-corrected chi connectivity index (χ4v) is 16.7. The number of hydrogen-bond acceptors (Lipinski definition) is 0. The second kappa shape index (κ2) is 8.90. The lowest BCUT2D eigenvalue weighted by atomic mass is 9.72. The van der Waals surface area contributed by atoms with Crippen molar-refractivity contribution in [1.82, 2.24) is 0 Å². The van der Waals surface area contributed by atoms with Gasteiger partial charge in [-0.05, 0) is 128 Å². The lowest BCUT2D eigenvalue weighted by Crippen LogP contribution is -2.48. The zero-order valence-electron chi connectivity index (χ0n) is 25.4. The van der Waals surface area contributed by atoms with E-state index in [1.54, 1.807) is 66.9 Å². The maximum atomic E-state index is 2.84. The van der Waals surface area contributed by atoms with Gasteiger partial charge in [-0.15, -0.1) is 0 Å². The number of hydrogen-bond donors (Lipinski definition) is 0. The first-order chi connectivity index (χ1) is 16.2. The van der Waals surface area contributed by atoms with Crippen molar-refractivity contribution in [3.8, 4) is 0 Å². The van der Waals surface area contributed by atoms with E-state index in [0.29, 0.717) is 23.7 Å². The lowest BCUT2D eigenvalue weighted by Gasteiger charge is -2.50. The highest BCUT2D eigenvalue weighted by Gasteiger charge is 2.59. The molecule has 0 fully saturated rings. The predicted molar refractivity (Wildman–Crippen MR) is 158 cm³/mol. The van der Waals surface area contributed by atoms with Gasteiger partial charge < -0.3 is 0 Å². The Kier molecular flexibility index (Phi) is 6.79. The molecule has 0 heterocycles. The van der Waals surface area contributed by atoms with Crippen LogP contribution in [0.1, 0.15) is 96.4 Å². The highest BCUT2D eigenvalue weighted by molar-refractivity contribution is 6.83. The van der Waals surface area contributed by atoms with Crippen LogP contribution in [-0.4, -0.2) is 8.07 Å². The zero-order chi connectivity index (χ0) is 26.3. The summed E-state index contributed by atoms with van der Waals surface area (Å²) in [5.74, 6) is 2.62. The van der Waals surface area contributed by atoms with Crippen molar-refractivity contribution < 1.29 is 0 Å². The molecule has 0 nitrogen and oxygen atoms in total. The first-order valence-corrected chi connectivity index (χ1v) is 17.1. The molecular weight excluding hydrogens is 436 g/mol. The van der Waals surface area contributed by atoms with Crippen molar-refractivity contribution in [3.05, 3.63) is 66.9 Å². The largest absolute Gasteiger partial charge is 0.0727 e. The Hall–Kier alpha value is -1.34. The van der Waals surface area contributed by atoms with Gasteiger partial charge in [-0.25, -0.2) is 0 Å². The van der Waals surface area contributed by atoms with Crippen LogP contribution in [0, 0.1) is 23.7 Å². The molecule has 192 valence electrons. The van der Waals surface area contributed by atoms with Crippen molar-refractivity contribution in [2.75, 3.05) is 0 Å². The molecule has 4 aliphatic carbocycles. The Balaban J connectivity index is 1.95. The molecule has 4 rings (SSSR count). The average molecular weight is 489 g/mol.